The van der Waals surface area contributed by atoms with Crippen molar-refractivity contribution in [3.63, 3.8) is 0 Å². The van der Waals surface area contributed by atoms with Crippen LogP contribution < -0.4 is 5.32 Å². The lowest BCUT2D eigenvalue weighted by Crippen LogP contribution is -2.04. The first kappa shape index (κ1) is 15.2. The first-order valence-corrected chi connectivity index (χ1v) is 6.97. The van der Waals surface area contributed by atoms with Crippen molar-refractivity contribution in [2.45, 2.75) is 6.54 Å². The Balaban J connectivity index is 2.17. The Hall–Kier alpha value is -2.23. The zero-order chi connectivity index (χ0) is 15.4. The highest BCUT2D eigenvalue weighted by molar-refractivity contribution is 14.1. The van der Waals surface area contributed by atoms with Gasteiger partial charge in [-0.3, -0.25) is 20.2 Å². The minimum atomic E-state index is -0.464. The number of nitro benzene ring substituents is 2. The summed E-state index contributed by atoms with van der Waals surface area (Å²) in [5.74, 6) is 0. The Bertz CT molecular complexity index is 706. The summed E-state index contributed by atoms with van der Waals surface area (Å²) in [7, 11) is 0. The molecule has 7 nitrogen and oxygen atoms in total. The molecule has 8 heteroatoms. The Morgan fingerprint density at radius 1 is 1.05 bits per heavy atom. The number of para-hydroxylation sites is 1. The van der Waals surface area contributed by atoms with Crippen molar-refractivity contribution in [3.05, 3.63) is 71.8 Å². The molecule has 2 aromatic rings. The normalized spacial score (nSPS) is 10.1. The molecule has 0 bridgehead atoms. The zero-order valence-corrected chi connectivity index (χ0v) is 12.8. The van der Waals surface area contributed by atoms with Crippen LogP contribution in [0.2, 0.25) is 0 Å². The van der Waals surface area contributed by atoms with Gasteiger partial charge in [0.1, 0.15) is 0 Å². The van der Waals surface area contributed by atoms with Crippen LogP contribution in [0.1, 0.15) is 5.56 Å². The van der Waals surface area contributed by atoms with Gasteiger partial charge in [0.15, 0.2) is 0 Å². The van der Waals surface area contributed by atoms with E-state index in [0.717, 1.165) is 0 Å². The first-order chi connectivity index (χ1) is 9.99. The Morgan fingerprint density at radius 3 is 2.38 bits per heavy atom. The number of hydrogen-bond acceptors (Lipinski definition) is 5. The molecule has 1 N–H and O–H groups in total. The third kappa shape index (κ3) is 3.66. The highest BCUT2D eigenvalue weighted by Crippen LogP contribution is 2.25. The van der Waals surface area contributed by atoms with E-state index in [1.165, 1.54) is 18.2 Å². The largest absolute Gasteiger partial charge is 0.380 e. The molecule has 2 rings (SSSR count). The fourth-order valence-corrected chi connectivity index (χ4v) is 2.48. The van der Waals surface area contributed by atoms with E-state index in [0.29, 0.717) is 14.8 Å². The fraction of sp³-hybridized carbons (Fsp3) is 0.0769. The van der Waals surface area contributed by atoms with Gasteiger partial charge in [-0.1, -0.05) is 18.2 Å². The molecule has 0 amide bonds. The monoisotopic (exact) mass is 399 g/mol. The topological polar surface area (TPSA) is 98.3 Å². The predicted octanol–water partition coefficient (Wildman–Crippen LogP) is 3.72. The average Bonchev–Trinajstić information content (AvgIpc) is 2.46. The zero-order valence-electron chi connectivity index (χ0n) is 10.7. The molecule has 0 heterocycles. The number of nitrogens with zero attached hydrogens (tertiary/aromatic N) is 2. The van der Waals surface area contributed by atoms with Crippen molar-refractivity contribution in [1.29, 1.82) is 0 Å². The van der Waals surface area contributed by atoms with Crippen LogP contribution in [0.15, 0.2) is 42.5 Å². The molecular weight excluding hydrogens is 389 g/mol. The van der Waals surface area contributed by atoms with E-state index >= 15 is 0 Å². The summed E-state index contributed by atoms with van der Waals surface area (Å²) in [6.45, 7) is 0.269. The van der Waals surface area contributed by atoms with Crippen LogP contribution >= 0.6 is 22.6 Å². The van der Waals surface area contributed by atoms with Gasteiger partial charge in [-0.15, -0.1) is 0 Å². The van der Waals surface area contributed by atoms with E-state index < -0.39 is 9.85 Å². The second-order valence-electron chi connectivity index (χ2n) is 4.16. The molecule has 0 saturated carbocycles. The van der Waals surface area contributed by atoms with Crippen LogP contribution in [0.3, 0.4) is 0 Å². The SMILES string of the molecule is O=[N+]([O-])c1ccc(NCc2ccccc2[N+](=O)[O-])c(I)c1. The lowest BCUT2D eigenvalue weighted by atomic mass is 10.1. The second kappa shape index (κ2) is 6.48. The van der Waals surface area contributed by atoms with E-state index in [1.807, 2.05) is 22.6 Å². The second-order valence-corrected chi connectivity index (χ2v) is 5.32. The number of hydrogen-bond donors (Lipinski definition) is 1. The Morgan fingerprint density at radius 2 is 1.76 bits per heavy atom. The minimum Gasteiger partial charge on any atom is -0.380 e. The van der Waals surface area contributed by atoms with E-state index in [2.05, 4.69) is 5.32 Å². The molecule has 2 aromatic carbocycles. The lowest BCUT2D eigenvalue weighted by molar-refractivity contribution is -0.385. The number of rotatable bonds is 5. The van der Waals surface area contributed by atoms with E-state index in [9.17, 15) is 20.2 Å². The molecule has 0 saturated heterocycles. The third-order valence-corrected chi connectivity index (χ3v) is 3.71. The number of halogens is 1. The molecule has 0 aromatic heterocycles. The molecule has 108 valence electrons. The van der Waals surface area contributed by atoms with Gasteiger partial charge in [-0.05, 0) is 28.7 Å². The van der Waals surface area contributed by atoms with Crippen LogP contribution in [-0.4, -0.2) is 9.85 Å². The highest BCUT2D eigenvalue weighted by atomic mass is 127. The molecule has 0 atom stereocenters. The van der Waals surface area contributed by atoms with Gasteiger partial charge in [-0.2, -0.15) is 0 Å². The smallest absolute Gasteiger partial charge is 0.274 e. The molecule has 0 aliphatic heterocycles. The summed E-state index contributed by atoms with van der Waals surface area (Å²) in [5, 5.41) is 24.6. The number of nitrogens with one attached hydrogen (secondary N) is 1. The van der Waals surface area contributed by atoms with E-state index in [-0.39, 0.29) is 17.9 Å². The molecule has 21 heavy (non-hydrogen) atoms. The minimum absolute atomic E-state index is 0.00985. The molecule has 0 fully saturated rings. The maximum atomic E-state index is 10.9. The van der Waals surface area contributed by atoms with Gasteiger partial charge in [0.2, 0.25) is 0 Å². The number of anilines is 1. The van der Waals surface area contributed by atoms with Gasteiger partial charge in [-0.25, -0.2) is 0 Å². The predicted molar refractivity (Wildman–Crippen MR) is 86.2 cm³/mol. The van der Waals surface area contributed by atoms with Crippen molar-refractivity contribution in [2.75, 3.05) is 5.32 Å². The van der Waals surface area contributed by atoms with Gasteiger partial charge in [0, 0.05) is 39.6 Å². The summed E-state index contributed by atoms with van der Waals surface area (Å²) >= 11 is 1.98. The fourth-order valence-electron chi connectivity index (χ4n) is 1.79. The van der Waals surface area contributed by atoms with Crippen LogP contribution in [0.25, 0.3) is 0 Å². The molecule has 0 aliphatic rings. The molecule has 0 spiro atoms. The molecule has 0 aliphatic carbocycles. The summed E-state index contributed by atoms with van der Waals surface area (Å²) in [4.78, 5) is 20.7. The van der Waals surface area contributed by atoms with E-state index in [1.54, 1.807) is 24.3 Å². The Kier molecular flexibility index (Phi) is 4.68. The maximum Gasteiger partial charge on any atom is 0.274 e. The van der Waals surface area contributed by atoms with Crippen LogP contribution in [0.5, 0.6) is 0 Å². The molecule has 0 unspecified atom stereocenters. The number of benzene rings is 2. The van der Waals surface area contributed by atoms with Crippen molar-refractivity contribution in [3.8, 4) is 0 Å². The summed E-state index contributed by atoms with van der Waals surface area (Å²) in [6, 6.07) is 10.9. The molecule has 0 radical (unpaired) electrons. The van der Waals surface area contributed by atoms with Gasteiger partial charge < -0.3 is 5.32 Å². The van der Waals surface area contributed by atoms with Crippen LogP contribution in [-0.2, 0) is 6.54 Å². The van der Waals surface area contributed by atoms with Crippen molar-refractivity contribution < 1.29 is 9.85 Å². The van der Waals surface area contributed by atoms with Crippen LogP contribution in [0.4, 0.5) is 17.1 Å². The highest BCUT2D eigenvalue weighted by Gasteiger charge is 2.13. The first-order valence-electron chi connectivity index (χ1n) is 5.89. The number of non-ortho nitro benzene ring substituents is 1. The average molecular weight is 399 g/mol. The lowest BCUT2D eigenvalue weighted by Gasteiger charge is -2.09. The standard InChI is InChI=1S/C13H10IN3O4/c14-11-7-10(16(18)19)5-6-12(11)15-8-9-3-1-2-4-13(9)17(20)21/h1-7,15H,8H2. The molecular formula is C13H10IN3O4. The summed E-state index contributed by atoms with van der Waals surface area (Å²) in [5.41, 5.74) is 1.30. The summed E-state index contributed by atoms with van der Waals surface area (Å²) < 4.78 is 0.681. The van der Waals surface area contributed by atoms with E-state index in [4.69, 9.17) is 0 Å². The third-order valence-electron chi connectivity index (χ3n) is 2.82. The quantitative estimate of drug-likeness (QED) is 0.470. The van der Waals surface area contributed by atoms with Crippen LogP contribution in [0, 0.1) is 23.8 Å². The van der Waals surface area contributed by atoms with Gasteiger partial charge >= 0.3 is 0 Å². The maximum absolute atomic E-state index is 10.9. The van der Waals surface area contributed by atoms with Gasteiger partial charge in [0.05, 0.1) is 9.85 Å². The Labute approximate surface area is 133 Å². The summed E-state index contributed by atoms with van der Waals surface area (Å²) in [6.07, 6.45) is 0. The van der Waals surface area contributed by atoms with Crippen molar-refractivity contribution in [1.82, 2.24) is 0 Å². The number of nitro groups is 2. The van der Waals surface area contributed by atoms with Gasteiger partial charge in [0.25, 0.3) is 11.4 Å². The van der Waals surface area contributed by atoms with Crippen molar-refractivity contribution in [2.24, 2.45) is 0 Å². The van der Waals surface area contributed by atoms with Crippen molar-refractivity contribution >= 4 is 39.7 Å².